The summed E-state index contributed by atoms with van der Waals surface area (Å²) in [4.78, 5) is 2.22. The van der Waals surface area contributed by atoms with E-state index in [-0.39, 0.29) is 6.10 Å². The molecule has 1 saturated heterocycles. The molecule has 2 unspecified atom stereocenters. The van der Waals surface area contributed by atoms with Crippen LogP contribution in [0.4, 0.5) is 5.69 Å². The molecule has 0 radical (unpaired) electrons. The largest absolute Gasteiger partial charge is 0.391 e. The van der Waals surface area contributed by atoms with Crippen molar-refractivity contribution < 1.29 is 5.11 Å². The number of aliphatic hydroxyl groups excluding tert-OH is 1. The van der Waals surface area contributed by atoms with E-state index in [4.69, 9.17) is 0 Å². The highest BCUT2D eigenvalue weighted by atomic mass is 79.9. The van der Waals surface area contributed by atoms with Gasteiger partial charge in [-0.15, -0.1) is 0 Å². The number of halogens is 1. The number of benzene rings is 1. The monoisotopic (exact) mass is 298 g/mol. The lowest BCUT2D eigenvalue weighted by atomic mass is 10.1. The van der Waals surface area contributed by atoms with Crippen molar-refractivity contribution in [2.24, 2.45) is 0 Å². The highest BCUT2D eigenvalue weighted by Gasteiger charge is 2.22. The summed E-state index contributed by atoms with van der Waals surface area (Å²) in [5.74, 6) is 0. The zero-order valence-corrected chi connectivity index (χ0v) is 11.9. The fourth-order valence-electron chi connectivity index (χ4n) is 2.18. The van der Waals surface area contributed by atoms with Crippen LogP contribution in [0.2, 0.25) is 0 Å². The topological polar surface area (TPSA) is 35.5 Å². The molecule has 1 aliphatic heterocycles. The van der Waals surface area contributed by atoms with Gasteiger partial charge in [-0.1, -0.05) is 6.07 Å². The summed E-state index contributed by atoms with van der Waals surface area (Å²) in [6.07, 6.45) is 0.680. The van der Waals surface area contributed by atoms with Gasteiger partial charge in [0.15, 0.2) is 0 Å². The molecule has 4 heteroatoms. The summed E-state index contributed by atoms with van der Waals surface area (Å²) in [6, 6.07) is 6.78. The number of hydrogen-bond acceptors (Lipinski definition) is 3. The molecule has 1 heterocycles. The zero-order chi connectivity index (χ0) is 12.4. The quantitative estimate of drug-likeness (QED) is 0.899. The van der Waals surface area contributed by atoms with Crippen molar-refractivity contribution in [3.8, 4) is 0 Å². The van der Waals surface area contributed by atoms with Crippen LogP contribution < -0.4 is 10.2 Å². The Morgan fingerprint density at radius 2 is 2.29 bits per heavy atom. The van der Waals surface area contributed by atoms with Gasteiger partial charge >= 0.3 is 0 Å². The van der Waals surface area contributed by atoms with Crippen molar-refractivity contribution in [2.45, 2.75) is 25.5 Å². The fourth-order valence-corrected chi connectivity index (χ4v) is 2.82. The predicted molar refractivity (Wildman–Crippen MR) is 74.5 cm³/mol. The molecule has 0 aromatic heterocycles. The Bertz CT molecular complexity index is 397. The molecule has 0 aliphatic carbocycles. The predicted octanol–water partition coefficient (Wildman–Crippen LogP) is 2.30. The fraction of sp³-hybridized carbons (Fsp3) is 0.538. The second-order valence-corrected chi connectivity index (χ2v) is 5.46. The van der Waals surface area contributed by atoms with Gasteiger partial charge in [0.05, 0.1) is 11.8 Å². The van der Waals surface area contributed by atoms with Crippen LogP contribution in [-0.4, -0.2) is 31.3 Å². The molecule has 0 spiro atoms. The second kappa shape index (κ2) is 5.38. The Morgan fingerprint density at radius 3 is 2.82 bits per heavy atom. The average molecular weight is 299 g/mol. The zero-order valence-electron chi connectivity index (χ0n) is 10.3. The minimum absolute atomic E-state index is 0.183. The van der Waals surface area contributed by atoms with Gasteiger partial charge in [0.2, 0.25) is 0 Å². The van der Waals surface area contributed by atoms with Crippen LogP contribution in [0.5, 0.6) is 0 Å². The Morgan fingerprint density at radius 1 is 1.53 bits per heavy atom. The number of rotatable bonds is 3. The van der Waals surface area contributed by atoms with Gasteiger partial charge in [0, 0.05) is 23.6 Å². The number of aliphatic hydroxyl groups is 1. The smallest absolute Gasteiger partial charge is 0.0731 e. The van der Waals surface area contributed by atoms with Crippen LogP contribution in [0, 0.1) is 0 Å². The second-order valence-electron chi connectivity index (χ2n) is 4.61. The first-order chi connectivity index (χ1) is 8.11. The molecular weight excluding hydrogens is 280 g/mol. The van der Waals surface area contributed by atoms with E-state index >= 15 is 0 Å². The average Bonchev–Trinajstić information content (AvgIpc) is 2.74. The van der Waals surface area contributed by atoms with Crippen LogP contribution in [0.1, 0.15) is 24.9 Å². The van der Waals surface area contributed by atoms with Gasteiger partial charge in [-0.3, -0.25) is 0 Å². The number of β-amino-alcohol motifs (C(OH)–C–C–N with tert-alkyl or cyclic N) is 1. The SMILES string of the molecule is CNC(C)c1ccc(N2CCC(O)C2)c(Br)c1. The molecular formula is C13H19BrN2O. The van der Waals surface area contributed by atoms with Gasteiger partial charge in [-0.25, -0.2) is 0 Å². The maximum atomic E-state index is 9.57. The summed E-state index contributed by atoms with van der Waals surface area (Å²) >= 11 is 3.62. The van der Waals surface area contributed by atoms with Crippen molar-refractivity contribution in [1.82, 2.24) is 5.32 Å². The van der Waals surface area contributed by atoms with Gasteiger partial charge in [0.25, 0.3) is 0 Å². The van der Waals surface area contributed by atoms with Crippen molar-refractivity contribution in [3.05, 3.63) is 28.2 Å². The maximum Gasteiger partial charge on any atom is 0.0731 e. The molecule has 0 bridgehead atoms. The van der Waals surface area contributed by atoms with Crippen LogP contribution in [-0.2, 0) is 0 Å². The maximum absolute atomic E-state index is 9.57. The Labute approximate surface area is 111 Å². The number of anilines is 1. The van der Waals surface area contributed by atoms with E-state index in [1.807, 2.05) is 7.05 Å². The van der Waals surface area contributed by atoms with Crippen molar-refractivity contribution in [3.63, 3.8) is 0 Å². The molecule has 17 heavy (non-hydrogen) atoms. The molecule has 94 valence electrons. The molecule has 2 rings (SSSR count). The van der Waals surface area contributed by atoms with Crippen LogP contribution in [0.3, 0.4) is 0 Å². The van der Waals surface area contributed by atoms with Crippen molar-refractivity contribution >= 4 is 21.6 Å². The Kier molecular flexibility index (Phi) is 4.07. The van der Waals surface area contributed by atoms with Gasteiger partial charge in [-0.2, -0.15) is 0 Å². The molecule has 3 nitrogen and oxygen atoms in total. The van der Waals surface area contributed by atoms with E-state index in [2.05, 4.69) is 51.3 Å². The van der Waals surface area contributed by atoms with E-state index < -0.39 is 0 Å². The Hall–Kier alpha value is -0.580. The van der Waals surface area contributed by atoms with E-state index in [1.54, 1.807) is 0 Å². The summed E-state index contributed by atoms with van der Waals surface area (Å²) in [6.45, 7) is 3.81. The third-order valence-electron chi connectivity index (χ3n) is 3.41. The van der Waals surface area contributed by atoms with E-state index in [1.165, 1.54) is 11.3 Å². The highest BCUT2D eigenvalue weighted by molar-refractivity contribution is 9.10. The number of nitrogens with zero attached hydrogens (tertiary/aromatic N) is 1. The summed E-state index contributed by atoms with van der Waals surface area (Å²) in [5, 5.41) is 12.8. The molecule has 1 fully saturated rings. The van der Waals surface area contributed by atoms with E-state index in [9.17, 15) is 5.11 Å². The van der Waals surface area contributed by atoms with E-state index in [0.29, 0.717) is 6.04 Å². The van der Waals surface area contributed by atoms with Gasteiger partial charge in [-0.05, 0) is 54.0 Å². The minimum atomic E-state index is -0.183. The lowest BCUT2D eigenvalue weighted by molar-refractivity contribution is 0.198. The third-order valence-corrected chi connectivity index (χ3v) is 4.04. The molecule has 0 amide bonds. The number of hydrogen-bond donors (Lipinski definition) is 2. The molecule has 1 aromatic carbocycles. The van der Waals surface area contributed by atoms with Crippen molar-refractivity contribution in [2.75, 3.05) is 25.0 Å². The standard InChI is InChI=1S/C13H19BrN2O/c1-9(15-2)10-3-4-13(12(14)7-10)16-6-5-11(17)8-16/h3-4,7,9,11,15,17H,5-6,8H2,1-2H3. The first kappa shape index (κ1) is 12.9. The first-order valence-electron chi connectivity index (χ1n) is 6.01. The molecule has 0 saturated carbocycles. The van der Waals surface area contributed by atoms with Crippen molar-refractivity contribution in [1.29, 1.82) is 0 Å². The molecule has 2 atom stereocenters. The lowest BCUT2D eigenvalue weighted by Gasteiger charge is -2.21. The van der Waals surface area contributed by atoms with Crippen LogP contribution in [0.15, 0.2) is 22.7 Å². The number of nitrogens with one attached hydrogen (secondary N) is 1. The van der Waals surface area contributed by atoms with Gasteiger partial charge < -0.3 is 15.3 Å². The molecule has 1 aromatic rings. The summed E-state index contributed by atoms with van der Waals surface area (Å²) in [5.41, 5.74) is 2.44. The normalized spacial score (nSPS) is 21.9. The minimum Gasteiger partial charge on any atom is -0.391 e. The van der Waals surface area contributed by atoms with E-state index in [0.717, 1.165) is 24.0 Å². The highest BCUT2D eigenvalue weighted by Crippen LogP contribution is 2.31. The van der Waals surface area contributed by atoms with Gasteiger partial charge in [0.1, 0.15) is 0 Å². The summed E-state index contributed by atoms with van der Waals surface area (Å²) < 4.78 is 1.10. The first-order valence-corrected chi connectivity index (χ1v) is 6.81. The third kappa shape index (κ3) is 2.81. The lowest BCUT2D eigenvalue weighted by Crippen LogP contribution is -2.21. The van der Waals surface area contributed by atoms with Crippen LogP contribution in [0.25, 0.3) is 0 Å². The summed E-state index contributed by atoms with van der Waals surface area (Å²) in [7, 11) is 1.96. The van der Waals surface area contributed by atoms with Crippen LogP contribution >= 0.6 is 15.9 Å². The molecule has 2 N–H and O–H groups in total. The molecule has 1 aliphatic rings. The Balaban J connectivity index is 2.20.